The van der Waals surface area contributed by atoms with Crippen molar-refractivity contribution in [1.29, 1.82) is 0 Å². The molecule has 0 radical (unpaired) electrons. The average Bonchev–Trinajstić information content (AvgIpc) is 2.79. The van der Waals surface area contributed by atoms with Crippen molar-refractivity contribution in [3.8, 4) is 0 Å². The normalized spacial score (nSPS) is 16.0. The lowest BCUT2D eigenvalue weighted by molar-refractivity contribution is 0.480. The van der Waals surface area contributed by atoms with Crippen LogP contribution in [0.3, 0.4) is 0 Å². The van der Waals surface area contributed by atoms with Crippen molar-refractivity contribution in [2.45, 2.75) is 49.0 Å². The van der Waals surface area contributed by atoms with Crippen LogP contribution in [0.1, 0.15) is 31.7 Å². The highest BCUT2D eigenvalue weighted by Crippen LogP contribution is 2.29. The maximum Gasteiger partial charge on any atom is 0.232 e. The lowest BCUT2D eigenvalue weighted by Crippen LogP contribution is -2.38. The van der Waals surface area contributed by atoms with E-state index in [9.17, 15) is 0 Å². The Labute approximate surface area is 192 Å². The Bertz CT molecular complexity index is 1000. The number of piperidine rings is 1. The Hall–Kier alpha value is -2.78. The van der Waals surface area contributed by atoms with Gasteiger partial charge in [-0.1, -0.05) is 30.3 Å². The number of rotatable bonds is 6. The summed E-state index contributed by atoms with van der Waals surface area (Å²) in [5, 5.41) is 8.28. The highest BCUT2D eigenvalue weighted by Gasteiger charge is 2.21. The quantitative estimate of drug-likeness (QED) is 0.324. The highest BCUT2D eigenvalue weighted by molar-refractivity contribution is 7.99. The smallest absolute Gasteiger partial charge is 0.232 e. The van der Waals surface area contributed by atoms with E-state index in [0.29, 0.717) is 28.8 Å². The number of hydrogen-bond donors (Lipinski definition) is 2. The van der Waals surface area contributed by atoms with Gasteiger partial charge >= 0.3 is 0 Å². The molecule has 1 aliphatic rings. The van der Waals surface area contributed by atoms with Gasteiger partial charge in [0.2, 0.25) is 5.95 Å². The Morgan fingerprint density at radius 1 is 1.13 bits per heavy atom. The van der Waals surface area contributed by atoms with Crippen LogP contribution in [0, 0.1) is 0 Å². The van der Waals surface area contributed by atoms with Crippen LogP contribution in [0.5, 0.6) is 0 Å². The second-order valence-corrected chi connectivity index (χ2v) is 8.75. The molecule has 1 saturated heterocycles. The Morgan fingerprint density at radius 2 is 1.94 bits per heavy atom. The SMILES string of the molecule is C[C@H]1CCCCN1c1cc(Sc2ncccn2)nc(NC(=S)NCc2ccccc2)n1. The first-order valence-corrected chi connectivity index (χ1v) is 11.6. The van der Waals surface area contributed by atoms with Gasteiger partial charge in [-0.15, -0.1) is 0 Å². The minimum atomic E-state index is 0.436. The lowest BCUT2D eigenvalue weighted by atomic mass is 10.0. The first kappa shape index (κ1) is 21.5. The van der Waals surface area contributed by atoms with E-state index < -0.39 is 0 Å². The zero-order valence-corrected chi connectivity index (χ0v) is 19.0. The largest absolute Gasteiger partial charge is 0.358 e. The second-order valence-electron chi connectivity index (χ2n) is 7.35. The van der Waals surface area contributed by atoms with Gasteiger partial charge in [0.25, 0.3) is 0 Å². The van der Waals surface area contributed by atoms with E-state index in [1.54, 1.807) is 18.5 Å². The van der Waals surface area contributed by atoms with Gasteiger partial charge < -0.3 is 15.5 Å². The number of benzene rings is 1. The number of anilines is 2. The number of thiocarbonyl (C=S) groups is 1. The molecule has 2 N–H and O–H groups in total. The predicted molar refractivity (Wildman–Crippen MR) is 128 cm³/mol. The molecule has 1 aliphatic heterocycles. The van der Waals surface area contributed by atoms with Gasteiger partial charge in [0.05, 0.1) is 0 Å². The Morgan fingerprint density at radius 3 is 2.71 bits per heavy atom. The number of nitrogens with one attached hydrogen (secondary N) is 2. The first-order chi connectivity index (χ1) is 15.2. The molecule has 4 rings (SSSR count). The summed E-state index contributed by atoms with van der Waals surface area (Å²) in [6.07, 6.45) is 7.03. The molecule has 0 bridgehead atoms. The number of hydrogen-bond acceptors (Lipinski definition) is 7. The monoisotopic (exact) mass is 451 g/mol. The molecule has 0 spiro atoms. The molecule has 1 fully saturated rings. The summed E-state index contributed by atoms with van der Waals surface area (Å²) in [5.74, 6) is 1.37. The molecular weight excluding hydrogens is 426 g/mol. The third-order valence-corrected chi connectivity index (χ3v) is 6.10. The van der Waals surface area contributed by atoms with E-state index in [-0.39, 0.29) is 0 Å². The van der Waals surface area contributed by atoms with Crippen molar-refractivity contribution >= 4 is 40.9 Å². The third kappa shape index (κ3) is 6.11. The van der Waals surface area contributed by atoms with E-state index in [1.165, 1.54) is 24.6 Å². The van der Waals surface area contributed by atoms with Crippen LogP contribution in [-0.2, 0) is 6.54 Å². The summed E-state index contributed by atoms with van der Waals surface area (Å²) in [6.45, 7) is 3.86. The molecule has 2 aromatic heterocycles. The number of aromatic nitrogens is 4. The van der Waals surface area contributed by atoms with Crippen molar-refractivity contribution < 1.29 is 0 Å². The molecule has 0 unspecified atom stereocenters. The molecule has 0 amide bonds. The molecule has 3 aromatic rings. The topological polar surface area (TPSA) is 78.9 Å². The molecule has 1 atom stereocenters. The fourth-order valence-corrected chi connectivity index (χ4v) is 4.34. The van der Waals surface area contributed by atoms with Gasteiger partial charge in [-0.25, -0.2) is 15.0 Å². The van der Waals surface area contributed by atoms with Crippen LogP contribution >= 0.6 is 24.0 Å². The van der Waals surface area contributed by atoms with Crippen LogP contribution < -0.4 is 15.5 Å². The summed E-state index contributed by atoms with van der Waals surface area (Å²) in [7, 11) is 0. The zero-order valence-electron chi connectivity index (χ0n) is 17.4. The standard InChI is InChI=1S/C22H25N7S2/c1-16-8-5-6-13-29(16)18-14-19(31-22-23-11-7-12-24-22)27-20(26-18)28-21(30)25-15-17-9-3-2-4-10-17/h2-4,7,9-12,14,16H,5-6,8,13,15H2,1H3,(H2,25,26,27,28,30)/t16-/m0/s1. The molecule has 160 valence electrons. The average molecular weight is 452 g/mol. The Kier molecular flexibility index (Phi) is 7.26. The molecule has 31 heavy (non-hydrogen) atoms. The van der Waals surface area contributed by atoms with Crippen molar-refractivity contribution in [3.63, 3.8) is 0 Å². The third-order valence-electron chi connectivity index (χ3n) is 5.05. The van der Waals surface area contributed by atoms with Gasteiger partial charge in [0, 0.05) is 37.6 Å². The molecule has 7 nitrogen and oxygen atoms in total. The fourth-order valence-electron chi connectivity index (χ4n) is 3.46. The highest BCUT2D eigenvalue weighted by atomic mass is 32.2. The summed E-state index contributed by atoms with van der Waals surface area (Å²) in [6, 6.07) is 14.4. The number of nitrogens with zero attached hydrogens (tertiary/aromatic N) is 5. The van der Waals surface area contributed by atoms with Crippen molar-refractivity contribution in [1.82, 2.24) is 25.3 Å². The molecule has 0 saturated carbocycles. The van der Waals surface area contributed by atoms with Crippen LogP contribution in [0.25, 0.3) is 0 Å². The maximum absolute atomic E-state index is 5.48. The molecular formula is C22H25N7S2. The summed E-state index contributed by atoms with van der Waals surface area (Å²) >= 11 is 6.90. The summed E-state index contributed by atoms with van der Waals surface area (Å²) in [5.41, 5.74) is 1.15. The Balaban J connectivity index is 1.52. The zero-order chi connectivity index (χ0) is 21.5. The van der Waals surface area contributed by atoms with E-state index >= 15 is 0 Å². The fraction of sp³-hybridized carbons (Fsp3) is 0.318. The van der Waals surface area contributed by atoms with E-state index in [1.807, 2.05) is 24.3 Å². The summed E-state index contributed by atoms with van der Waals surface area (Å²) < 4.78 is 0. The van der Waals surface area contributed by atoms with Crippen LogP contribution in [0.4, 0.5) is 11.8 Å². The van der Waals surface area contributed by atoms with Gasteiger partial charge in [0.1, 0.15) is 10.8 Å². The van der Waals surface area contributed by atoms with Crippen LogP contribution in [-0.4, -0.2) is 37.6 Å². The first-order valence-electron chi connectivity index (χ1n) is 10.4. The molecule has 3 heterocycles. The molecule has 9 heteroatoms. The van der Waals surface area contributed by atoms with Crippen LogP contribution in [0.2, 0.25) is 0 Å². The van der Waals surface area contributed by atoms with Crippen molar-refractivity contribution in [3.05, 3.63) is 60.4 Å². The van der Waals surface area contributed by atoms with Gasteiger partial charge in [-0.05, 0) is 61.8 Å². The second kappa shape index (κ2) is 10.5. The van der Waals surface area contributed by atoms with E-state index in [0.717, 1.165) is 29.4 Å². The van der Waals surface area contributed by atoms with Crippen molar-refractivity contribution in [2.75, 3.05) is 16.8 Å². The minimum absolute atomic E-state index is 0.436. The van der Waals surface area contributed by atoms with E-state index in [2.05, 4.69) is 49.5 Å². The van der Waals surface area contributed by atoms with Gasteiger partial charge in [-0.3, -0.25) is 0 Å². The maximum atomic E-state index is 5.48. The summed E-state index contributed by atoms with van der Waals surface area (Å²) in [4.78, 5) is 20.4. The molecule has 0 aliphatic carbocycles. The lowest BCUT2D eigenvalue weighted by Gasteiger charge is -2.34. The van der Waals surface area contributed by atoms with Crippen LogP contribution in [0.15, 0.2) is 65.0 Å². The van der Waals surface area contributed by atoms with E-state index in [4.69, 9.17) is 17.2 Å². The van der Waals surface area contributed by atoms with Gasteiger partial charge in [0.15, 0.2) is 10.3 Å². The van der Waals surface area contributed by atoms with Crippen molar-refractivity contribution in [2.24, 2.45) is 0 Å². The molecule has 1 aromatic carbocycles. The predicted octanol–water partition coefficient (Wildman–Crippen LogP) is 4.28. The minimum Gasteiger partial charge on any atom is -0.358 e. The van der Waals surface area contributed by atoms with Gasteiger partial charge in [-0.2, -0.15) is 4.98 Å².